The molecule has 3 aromatic carbocycles. The minimum absolute atomic E-state index is 0.0366. The predicted octanol–water partition coefficient (Wildman–Crippen LogP) is 5.01. The number of hydrogen-bond acceptors (Lipinski definition) is 6. The number of fused-ring (bicyclic) bond motifs is 1. The number of carbonyl (C=O) groups is 1. The number of carbonyl (C=O) groups excluding carboxylic acids is 1. The summed E-state index contributed by atoms with van der Waals surface area (Å²) in [4.78, 5) is 26.3. The topological polar surface area (TPSA) is 120 Å². The maximum absolute atomic E-state index is 13.6. The molecule has 0 bridgehead atoms. The van der Waals surface area contributed by atoms with Gasteiger partial charge in [0.25, 0.3) is 5.91 Å². The molecule has 0 atom stereocenters. The van der Waals surface area contributed by atoms with Gasteiger partial charge in [-0.15, -0.1) is 0 Å². The highest BCUT2D eigenvalue weighted by molar-refractivity contribution is 5.97. The Morgan fingerprint density at radius 2 is 1.69 bits per heavy atom. The van der Waals surface area contributed by atoms with Gasteiger partial charge in [-0.1, -0.05) is 56.3 Å². The van der Waals surface area contributed by atoms with E-state index in [0.717, 1.165) is 5.56 Å². The average Bonchev–Trinajstić information content (AvgIpc) is 2.84. The highest BCUT2D eigenvalue weighted by atomic mass is 16.3. The van der Waals surface area contributed by atoms with Crippen molar-refractivity contribution in [1.82, 2.24) is 5.32 Å². The lowest BCUT2D eigenvalue weighted by Crippen LogP contribution is -2.22. The molecule has 7 heteroatoms. The summed E-state index contributed by atoms with van der Waals surface area (Å²) in [5.74, 6) is -1.96. The third kappa shape index (κ3) is 4.57. The van der Waals surface area contributed by atoms with Crippen LogP contribution in [-0.2, 0) is 13.0 Å². The Kier molecular flexibility index (Phi) is 6.51. The molecule has 0 fully saturated rings. The van der Waals surface area contributed by atoms with E-state index >= 15 is 0 Å². The smallest absolute Gasteiger partial charge is 0.251 e. The van der Waals surface area contributed by atoms with Crippen molar-refractivity contribution in [2.45, 2.75) is 33.7 Å². The molecule has 35 heavy (non-hydrogen) atoms. The van der Waals surface area contributed by atoms with Gasteiger partial charge in [0, 0.05) is 17.7 Å². The Bertz CT molecular complexity index is 1470. The molecular formula is C28H27NO6. The van der Waals surface area contributed by atoms with Crippen LogP contribution in [0, 0.1) is 12.8 Å². The number of aromatic hydroxyl groups is 3. The molecule has 4 rings (SSSR count). The van der Waals surface area contributed by atoms with E-state index in [1.54, 1.807) is 31.2 Å². The van der Waals surface area contributed by atoms with Crippen LogP contribution in [-0.4, -0.2) is 21.2 Å². The number of aryl methyl sites for hydroxylation is 1. The zero-order valence-corrected chi connectivity index (χ0v) is 19.8. The van der Waals surface area contributed by atoms with E-state index in [4.69, 9.17) is 4.42 Å². The molecule has 1 aromatic heterocycles. The van der Waals surface area contributed by atoms with E-state index < -0.39 is 22.7 Å². The summed E-state index contributed by atoms with van der Waals surface area (Å²) < 4.78 is 5.95. The van der Waals surface area contributed by atoms with Crippen molar-refractivity contribution in [2.75, 3.05) is 0 Å². The average molecular weight is 474 g/mol. The van der Waals surface area contributed by atoms with Crippen LogP contribution in [0.4, 0.5) is 0 Å². The molecule has 4 aromatic rings. The first-order valence-corrected chi connectivity index (χ1v) is 11.3. The third-order valence-corrected chi connectivity index (χ3v) is 5.86. The van der Waals surface area contributed by atoms with Crippen molar-refractivity contribution in [3.05, 3.63) is 87.3 Å². The highest BCUT2D eigenvalue weighted by Gasteiger charge is 2.26. The number of hydrogen-bond donors (Lipinski definition) is 4. The van der Waals surface area contributed by atoms with Gasteiger partial charge in [0.05, 0.1) is 5.56 Å². The Morgan fingerprint density at radius 3 is 2.37 bits per heavy atom. The van der Waals surface area contributed by atoms with E-state index in [1.165, 1.54) is 0 Å². The number of rotatable bonds is 6. The molecule has 0 saturated heterocycles. The standard InChI is InChI=1S/C28H27NO6/c1-15(2)12-20-23(30)26(33)25(32)22-24(31)21(16(3)35-27(20)22)18-10-7-11-19(13-18)28(34)29-14-17-8-5-4-6-9-17/h4-11,13,15,30,32-33H,12,14H2,1-3H3,(H,29,34). The number of phenolic OH excluding ortho intramolecular Hbond substituents is 3. The lowest BCUT2D eigenvalue weighted by atomic mass is 9.95. The molecule has 0 saturated carbocycles. The first kappa shape index (κ1) is 23.9. The molecule has 1 heterocycles. The molecule has 0 radical (unpaired) electrons. The van der Waals surface area contributed by atoms with Gasteiger partial charge in [0.1, 0.15) is 16.7 Å². The normalized spacial score (nSPS) is 11.2. The van der Waals surface area contributed by atoms with Crippen molar-refractivity contribution in [2.24, 2.45) is 5.92 Å². The van der Waals surface area contributed by atoms with Crippen LogP contribution < -0.4 is 10.7 Å². The van der Waals surface area contributed by atoms with Gasteiger partial charge >= 0.3 is 0 Å². The van der Waals surface area contributed by atoms with Crippen molar-refractivity contribution in [1.29, 1.82) is 0 Å². The van der Waals surface area contributed by atoms with E-state index in [-0.39, 0.29) is 39.7 Å². The van der Waals surface area contributed by atoms with E-state index in [1.807, 2.05) is 44.2 Å². The lowest BCUT2D eigenvalue weighted by Gasteiger charge is -2.15. The van der Waals surface area contributed by atoms with Crippen molar-refractivity contribution < 1.29 is 24.5 Å². The fraction of sp³-hybridized carbons (Fsp3) is 0.214. The second-order valence-electron chi connectivity index (χ2n) is 8.94. The molecule has 180 valence electrons. The molecule has 7 nitrogen and oxygen atoms in total. The summed E-state index contributed by atoms with van der Waals surface area (Å²) in [6.45, 7) is 5.81. The van der Waals surface area contributed by atoms with Crippen LogP contribution in [0.25, 0.3) is 22.1 Å². The van der Waals surface area contributed by atoms with Crippen molar-refractivity contribution >= 4 is 16.9 Å². The quantitative estimate of drug-likeness (QED) is 0.292. The van der Waals surface area contributed by atoms with Crippen LogP contribution in [0.15, 0.2) is 63.8 Å². The number of amides is 1. The monoisotopic (exact) mass is 473 g/mol. The fourth-order valence-electron chi connectivity index (χ4n) is 4.18. The number of phenols is 3. The first-order chi connectivity index (χ1) is 16.7. The molecule has 0 aliphatic heterocycles. The predicted molar refractivity (Wildman–Crippen MR) is 134 cm³/mol. The Morgan fingerprint density at radius 1 is 0.971 bits per heavy atom. The molecule has 0 spiro atoms. The van der Waals surface area contributed by atoms with Gasteiger partial charge in [-0.2, -0.15) is 0 Å². The largest absolute Gasteiger partial charge is 0.504 e. The maximum atomic E-state index is 13.6. The Balaban J connectivity index is 1.79. The van der Waals surface area contributed by atoms with Gasteiger partial charge in [0.15, 0.2) is 11.5 Å². The zero-order chi connectivity index (χ0) is 25.3. The molecule has 0 unspecified atom stereocenters. The fourth-order valence-corrected chi connectivity index (χ4v) is 4.18. The molecule has 4 N–H and O–H groups in total. The van der Waals surface area contributed by atoms with Crippen LogP contribution in [0.1, 0.15) is 41.1 Å². The van der Waals surface area contributed by atoms with Gasteiger partial charge in [-0.05, 0) is 42.5 Å². The second kappa shape index (κ2) is 9.54. The van der Waals surface area contributed by atoms with Crippen molar-refractivity contribution in [3.8, 4) is 28.4 Å². The second-order valence-corrected chi connectivity index (χ2v) is 8.94. The summed E-state index contributed by atoms with van der Waals surface area (Å²) in [6.07, 6.45) is 0.328. The SMILES string of the molecule is Cc1oc2c(CC(C)C)c(O)c(O)c(O)c2c(=O)c1-c1cccc(C(=O)NCc2ccccc2)c1. The molecule has 0 aliphatic carbocycles. The first-order valence-electron chi connectivity index (χ1n) is 11.3. The summed E-state index contributed by atoms with van der Waals surface area (Å²) >= 11 is 0. The minimum Gasteiger partial charge on any atom is -0.504 e. The van der Waals surface area contributed by atoms with E-state index in [0.29, 0.717) is 24.1 Å². The zero-order valence-electron chi connectivity index (χ0n) is 19.8. The van der Waals surface area contributed by atoms with E-state index in [2.05, 4.69) is 5.32 Å². The number of benzene rings is 3. The van der Waals surface area contributed by atoms with Crippen molar-refractivity contribution in [3.63, 3.8) is 0 Å². The highest BCUT2D eigenvalue weighted by Crippen LogP contribution is 2.45. The van der Waals surface area contributed by atoms with Crippen LogP contribution in [0.2, 0.25) is 0 Å². The van der Waals surface area contributed by atoms with Crippen LogP contribution >= 0.6 is 0 Å². The van der Waals surface area contributed by atoms with Gasteiger partial charge in [0.2, 0.25) is 11.2 Å². The molecular weight excluding hydrogens is 446 g/mol. The Hall–Kier alpha value is -4.26. The minimum atomic E-state index is -0.760. The third-order valence-electron chi connectivity index (χ3n) is 5.86. The lowest BCUT2D eigenvalue weighted by molar-refractivity contribution is 0.0951. The van der Waals surface area contributed by atoms with Gasteiger partial charge < -0.3 is 25.1 Å². The van der Waals surface area contributed by atoms with Gasteiger partial charge in [-0.25, -0.2) is 0 Å². The van der Waals surface area contributed by atoms with Gasteiger partial charge in [-0.3, -0.25) is 9.59 Å². The van der Waals surface area contributed by atoms with E-state index in [9.17, 15) is 24.9 Å². The Labute approximate surface area is 202 Å². The molecule has 1 amide bonds. The maximum Gasteiger partial charge on any atom is 0.251 e. The number of nitrogens with one attached hydrogen (secondary N) is 1. The van der Waals surface area contributed by atoms with Crippen LogP contribution in [0.5, 0.6) is 17.2 Å². The summed E-state index contributed by atoms with van der Waals surface area (Å²) in [6, 6.07) is 16.1. The molecule has 0 aliphatic rings. The van der Waals surface area contributed by atoms with Crippen LogP contribution in [0.3, 0.4) is 0 Å². The summed E-state index contributed by atoms with van der Waals surface area (Å²) in [7, 11) is 0. The summed E-state index contributed by atoms with van der Waals surface area (Å²) in [5, 5.41) is 33.9. The summed E-state index contributed by atoms with van der Waals surface area (Å²) in [5.41, 5.74) is 1.63.